The predicted molar refractivity (Wildman–Crippen MR) is 344 cm³/mol. The Hall–Kier alpha value is -10.3. The molecule has 0 N–H and O–H groups in total. The molecule has 14 aromatic carbocycles. The van der Waals surface area contributed by atoms with Crippen molar-refractivity contribution in [2.75, 3.05) is 0 Å². The number of para-hydroxylation sites is 2. The minimum Gasteiger partial charge on any atom is -0.309 e. The van der Waals surface area contributed by atoms with Gasteiger partial charge in [-0.05, 0) is 184 Å². The lowest BCUT2D eigenvalue weighted by Gasteiger charge is -2.23. The molecule has 0 fully saturated rings. The molecule has 0 radical (unpaired) electrons. The molecule has 2 heterocycles. The van der Waals surface area contributed by atoms with Crippen molar-refractivity contribution < 1.29 is 0 Å². The van der Waals surface area contributed by atoms with Gasteiger partial charge >= 0.3 is 0 Å². The maximum atomic E-state index is 2.45. The molecule has 16 aromatic rings. The van der Waals surface area contributed by atoms with Crippen LogP contribution < -0.4 is 0 Å². The van der Waals surface area contributed by atoms with Gasteiger partial charge in [0, 0.05) is 37.7 Å². The van der Waals surface area contributed by atoms with Gasteiger partial charge in [0.15, 0.2) is 0 Å². The van der Waals surface area contributed by atoms with Crippen LogP contribution in [0.25, 0.3) is 154 Å². The molecule has 0 unspecified atom stereocenters. The van der Waals surface area contributed by atoms with Gasteiger partial charge in [-0.25, -0.2) is 0 Å². The van der Waals surface area contributed by atoms with Crippen molar-refractivity contribution in [2.45, 2.75) is 19.3 Å². The fraction of sp³-hybridized carbons (Fsp3) is 0.0380. The molecule has 0 saturated heterocycles. The van der Waals surface area contributed by atoms with Crippen molar-refractivity contribution >= 4 is 86.7 Å². The van der Waals surface area contributed by atoms with Crippen molar-refractivity contribution in [3.8, 4) is 67.0 Å². The lowest BCUT2D eigenvalue weighted by Crippen LogP contribution is -2.15. The second kappa shape index (κ2) is 17.4. The first-order valence-corrected chi connectivity index (χ1v) is 28.3. The number of benzene rings is 14. The van der Waals surface area contributed by atoms with Crippen molar-refractivity contribution in [3.05, 3.63) is 290 Å². The molecule has 1 aliphatic carbocycles. The van der Waals surface area contributed by atoms with E-state index in [2.05, 4.69) is 302 Å². The van der Waals surface area contributed by atoms with Crippen LogP contribution in [0.5, 0.6) is 0 Å². The van der Waals surface area contributed by atoms with Crippen LogP contribution in [0.15, 0.2) is 279 Å². The van der Waals surface area contributed by atoms with Crippen molar-refractivity contribution in [2.24, 2.45) is 0 Å². The molecule has 0 saturated carbocycles. The van der Waals surface area contributed by atoms with Crippen molar-refractivity contribution in [1.82, 2.24) is 9.13 Å². The van der Waals surface area contributed by atoms with Gasteiger partial charge in [-0.15, -0.1) is 0 Å². The summed E-state index contributed by atoms with van der Waals surface area (Å²) in [6, 6.07) is 104. The van der Waals surface area contributed by atoms with Crippen LogP contribution in [0.3, 0.4) is 0 Å². The van der Waals surface area contributed by atoms with E-state index in [-0.39, 0.29) is 5.41 Å². The van der Waals surface area contributed by atoms with Crippen LogP contribution in [-0.4, -0.2) is 9.13 Å². The molecular formula is C79H52N2. The SMILES string of the molecule is CC1(C)c2cc(-c3ccc4cc(-c5ccc6c(c5)c5ccccc5n6-c5cccc6ccccc56)ccc4c3)ccc2-c2ccc(-c3ccc4cc(-c5ccc6c(c5)c5ccccc5n6-c5cccc6ccccc56)ccc4c3)cc21. The average molecular weight is 1030 g/mol. The number of aromatic nitrogens is 2. The summed E-state index contributed by atoms with van der Waals surface area (Å²) in [6.45, 7) is 4.79. The number of hydrogen-bond acceptors (Lipinski definition) is 0. The largest absolute Gasteiger partial charge is 0.309 e. The summed E-state index contributed by atoms with van der Waals surface area (Å²) in [5, 5.41) is 15.0. The van der Waals surface area contributed by atoms with E-state index >= 15 is 0 Å². The average Bonchev–Trinajstić information content (AvgIpc) is 4.34. The summed E-state index contributed by atoms with van der Waals surface area (Å²) in [4.78, 5) is 0. The zero-order chi connectivity index (χ0) is 53.5. The molecule has 0 amide bonds. The summed E-state index contributed by atoms with van der Waals surface area (Å²) in [5.74, 6) is 0. The summed E-state index contributed by atoms with van der Waals surface area (Å²) >= 11 is 0. The van der Waals surface area contributed by atoms with Crippen LogP contribution in [0.4, 0.5) is 0 Å². The highest BCUT2D eigenvalue weighted by Gasteiger charge is 2.36. The van der Waals surface area contributed by atoms with E-state index in [1.54, 1.807) is 0 Å². The summed E-state index contributed by atoms with van der Waals surface area (Å²) in [5.41, 5.74) is 22.4. The highest BCUT2D eigenvalue weighted by Crippen LogP contribution is 2.51. The molecule has 0 bridgehead atoms. The fourth-order valence-corrected chi connectivity index (χ4v) is 13.9. The quantitative estimate of drug-likeness (QED) is 0.157. The van der Waals surface area contributed by atoms with E-state index < -0.39 is 0 Å². The van der Waals surface area contributed by atoms with Gasteiger partial charge in [0.2, 0.25) is 0 Å². The monoisotopic (exact) mass is 1030 g/mol. The second-order valence-corrected chi connectivity index (χ2v) is 22.9. The standard InChI is InChI=1S/C79H52N2/c1-79(2)71-47-61(57-31-27-51-41-55(29-25-53(51)43-57)59-35-39-77-69(45-59)67-19-7-9-21-75(67)80(77)73-23-11-15-49-13-3-5-17-63(49)73)33-37-65(71)66-38-34-62(48-72(66)79)58-32-28-52-42-56(30-26-54(52)44-58)60-36-40-78-70(46-60)68-20-8-10-22-76(68)81(78)74-24-12-16-50-14-4-6-18-64(50)74/h3-48H,1-2H3. The molecule has 0 spiro atoms. The third-order valence-electron chi connectivity index (χ3n) is 18.1. The van der Waals surface area contributed by atoms with Crippen LogP contribution in [0.1, 0.15) is 25.0 Å². The fourth-order valence-electron chi connectivity index (χ4n) is 13.9. The van der Waals surface area contributed by atoms with Crippen molar-refractivity contribution in [1.29, 1.82) is 0 Å². The van der Waals surface area contributed by atoms with E-state index in [0.717, 1.165) is 0 Å². The van der Waals surface area contributed by atoms with Gasteiger partial charge in [0.05, 0.1) is 33.4 Å². The molecule has 378 valence electrons. The van der Waals surface area contributed by atoms with Gasteiger partial charge in [-0.1, -0.05) is 208 Å². The third-order valence-corrected chi connectivity index (χ3v) is 18.1. The molecule has 0 atom stereocenters. The number of nitrogens with zero attached hydrogens (tertiary/aromatic N) is 2. The number of rotatable bonds is 6. The van der Waals surface area contributed by atoms with Gasteiger partial charge in [-0.2, -0.15) is 0 Å². The molecule has 2 heteroatoms. The molecule has 1 aliphatic rings. The first kappa shape index (κ1) is 45.7. The highest BCUT2D eigenvalue weighted by molar-refractivity contribution is 6.13. The molecule has 2 aromatic heterocycles. The molecule has 17 rings (SSSR count). The van der Waals surface area contributed by atoms with Crippen LogP contribution >= 0.6 is 0 Å². The van der Waals surface area contributed by atoms with Gasteiger partial charge in [0.1, 0.15) is 0 Å². The lowest BCUT2D eigenvalue weighted by molar-refractivity contribution is 0.661. The second-order valence-electron chi connectivity index (χ2n) is 22.9. The normalized spacial score (nSPS) is 12.9. The zero-order valence-corrected chi connectivity index (χ0v) is 45.0. The maximum Gasteiger partial charge on any atom is 0.0541 e. The van der Waals surface area contributed by atoms with Crippen LogP contribution in [-0.2, 0) is 5.41 Å². The summed E-state index contributed by atoms with van der Waals surface area (Å²) in [6.07, 6.45) is 0. The number of hydrogen-bond donors (Lipinski definition) is 0. The van der Waals surface area contributed by atoms with E-state index in [9.17, 15) is 0 Å². The topological polar surface area (TPSA) is 9.86 Å². The van der Waals surface area contributed by atoms with E-state index in [1.807, 2.05) is 0 Å². The van der Waals surface area contributed by atoms with Gasteiger partial charge in [-0.3, -0.25) is 0 Å². The predicted octanol–water partition coefficient (Wildman–Crippen LogP) is 21.5. The Morgan fingerprint density at radius 2 is 0.531 bits per heavy atom. The third kappa shape index (κ3) is 7.00. The van der Waals surface area contributed by atoms with E-state index in [0.29, 0.717) is 0 Å². The Morgan fingerprint density at radius 3 is 0.951 bits per heavy atom. The summed E-state index contributed by atoms with van der Waals surface area (Å²) in [7, 11) is 0. The Morgan fingerprint density at radius 1 is 0.222 bits per heavy atom. The molecule has 0 aliphatic heterocycles. The number of fused-ring (bicyclic) bond motifs is 13. The van der Waals surface area contributed by atoms with E-state index in [1.165, 1.54) is 165 Å². The first-order chi connectivity index (χ1) is 39.9. The highest BCUT2D eigenvalue weighted by atomic mass is 15.0. The van der Waals surface area contributed by atoms with Gasteiger partial charge < -0.3 is 9.13 Å². The van der Waals surface area contributed by atoms with Crippen LogP contribution in [0, 0.1) is 0 Å². The Balaban J connectivity index is 0.651. The minimum atomic E-state index is -0.168. The van der Waals surface area contributed by atoms with Gasteiger partial charge in [0.25, 0.3) is 0 Å². The van der Waals surface area contributed by atoms with Crippen LogP contribution in [0.2, 0.25) is 0 Å². The summed E-state index contributed by atoms with van der Waals surface area (Å²) < 4.78 is 4.87. The Labute approximate surface area is 469 Å². The first-order valence-electron chi connectivity index (χ1n) is 28.3. The Kier molecular flexibility index (Phi) is 9.80. The maximum absolute atomic E-state index is 2.45. The Bertz CT molecular complexity index is 4990. The molecule has 81 heavy (non-hydrogen) atoms. The lowest BCUT2D eigenvalue weighted by atomic mass is 9.80. The molecular weight excluding hydrogens is 977 g/mol. The minimum absolute atomic E-state index is 0.168. The smallest absolute Gasteiger partial charge is 0.0541 e. The van der Waals surface area contributed by atoms with E-state index in [4.69, 9.17) is 0 Å². The molecule has 2 nitrogen and oxygen atoms in total. The zero-order valence-electron chi connectivity index (χ0n) is 45.0. The van der Waals surface area contributed by atoms with Crippen molar-refractivity contribution in [3.63, 3.8) is 0 Å².